The van der Waals surface area contributed by atoms with E-state index < -0.39 is 5.97 Å². The minimum absolute atomic E-state index is 0.0745. The number of hydrogen-bond acceptors (Lipinski definition) is 3. The standard InChI is InChI=1S/C15H17NO3S/c1-16(12-4-2-3-5-12)14(17)10-20-13-8-6-11(7-9-13)15(18)19/h4,6-9H,2-3,5,10H2,1H3,(H,18,19). The molecule has 0 radical (unpaired) electrons. The van der Waals surface area contributed by atoms with E-state index in [0.29, 0.717) is 5.75 Å². The summed E-state index contributed by atoms with van der Waals surface area (Å²) >= 11 is 1.42. The average Bonchev–Trinajstić information content (AvgIpc) is 2.98. The maximum Gasteiger partial charge on any atom is 0.335 e. The highest BCUT2D eigenvalue weighted by Crippen LogP contribution is 2.23. The quantitative estimate of drug-likeness (QED) is 0.847. The molecule has 0 saturated carbocycles. The van der Waals surface area contributed by atoms with Crippen LogP contribution in [0.3, 0.4) is 0 Å². The van der Waals surface area contributed by atoms with Crippen molar-refractivity contribution in [2.24, 2.45) is 0 Å². The maximum atomic E-state index is 12.0. The van der Waals surface area contributed by atoms with Gasteiger partial charge >= 0.3 is 5.97 Å². The molecule has 1 aliphatic carbocycles. The van der Waals surface area contributed by atoms with Crippen LogP contribution in [-0.2, 0) is 4.79 Å². The van der Waals surface area contributed by atoms with E-state index in [9.17, 15) is 9.59 Å². The number of rotatable bonds is 5. The lowest BCUT2D eigenvalue weighted by Crippen LogP contribution is -2.26. The molecule has 1 amide bonds. The number of allylic oxidation sites excluding steroid dienone is 2. The fourth-order valence-electron chi connectivity index (χ4n) is 2.05. The number of hydrogen-bond donors (Lipinski definition) is 1. The number of carbonyl (C=O) groups excluding carboxylic acids is 1. The molecule has 1 aliphatic rings. The Morgan fingerprint density at radius 3 is 2.55 bits per heavy atom. The van der Waals surface area contributed by atoms with Crippen LogP contribution in [0.25, 0.3) is 0 Å². The zero-order valence-corrected chi connectivity index (χ0v) is 12.2. The van der Waals surface area contributed by atoms with Crippen LogP contribution < -0.4 is 0 Å². The smallest absolute Gasteiger partial charge is 0.335 e. The lowest BCUT2D eigenvalue weighted by Gasteiger charge is -2.18. The Morgan fingerprint density at radius 1 is 1.30 bits per heavy atom. The van der Waals surface area contributed by atoms with Gasteiger partial charge in [0.25, 0.3) is 0 Å². The third-order valence-electron chi connectivity index (χ3n) is 3.29. The molecule has 106 valence electrons. The molecule has 0 aliphatic heterocycles. The monoisotopic (exact) mass is 291 g/mol. The van der Waals surface area contributed by atoms with Gasteiger partial charge in [-0.25, -0.2) is 4.79 Å². The first-order valence-electron chi connectivity index (χ1n) is 6.49. The summed E-state index contributed by atoms with van der Waals surface area (Å²) in [5.41, 5.74) is 1.37. The second kappa shape index (κ2) is 6.61. The number of carboxylic acid groups (broad SMARTS) is 1. The highest BCUT2D eigenvalue weighted by atomic mass is 32.2. The fourth-order valence-corrected chi connectivity index (χ4v) is 2.87. The van der Waals surface area contributed by atoms with Gasteiger partial charge < -0.3 is 10.0 Å². The molecule has 20 heavy (non-hydrogen) atoms. The molecule has 2 rings (SSSR count). The normalized spacial score (nSPS) is 13.9. The predicted octanol–water partition coefficient (Wildman–Crippen LogP) is 3.00. The van der Waals surface area contributed by atoms with Gasteiger partial charge in [-0.1, -0.05) is 6.08 Å². The van der Waals surface area contributed by atoms with E-state index in [2.05, 4.69) is 6.08 Å². The zero-order valence-electron chi connectivity index (χ0n) is 11.3. The minimum Gasteiger partial charge on any atom is -0.478 e. The second-order valence-electron chi connectivity index (χ2n) is 4.66. The summed E-state index contributed by atoms with van der Waals surface area (Å²) in [6.07, 6.45) is 5.26. The Kier molecular flexibility index (Phi) is 4.84. The number of carbonyl (C=O) groups is 2. The molecule has 0 atom stereocenters. The van der Waals surface area contributed by atoms with Crippen molar-refractivity contribution in [3.05, 3.63) is 41.6 Å². The Bertz CT molecular complexity index is 537. The van der Waals surface area contributed by atoms with Crippen LogP contribution in [0.2, 0.25) is 0 Å². The van der Waals surface area contributed by atoms with Gasteiger partial charge in [0.15, 0.2) is 0 Å². The van der Waals surface area contributed by atoms with Crippen LogP contribution in [0.4, 0.5) is 0 Å². The minimum atomic E-state index is -0.939. The van der Waals surface area contributed by atoms with Gasteiger partial charge in [-0.3, -0.25) is 4.79 Å². The van der Waals surface area contributed by atoms with E-state index in [1.807, 2.05) is 7.05 Å². The Balaban J connectivity index is 1.88. The molecular weight excluding hydrogens is 274 g/mol. The van der Waals surface area contributed by atoms with E-state index in [0.717, 1.165) is 29.9 Å². The molecule has 0 fully saturated rings. The van der Waals surface area contributed by atoms with Crippen LogP contribution in [0.5, 0.6) is 0 Å². The van der Waals surface area contributed by atoms with Crippen LogP contribution in [0.15, 0.2) is 40.9 Å². The lowest BCUT2D eigenvalue weighted by atomic mass is 10.2. The van der Waals surface area contributed by atoms with Gasteiger partial charge in [0, 0.05) is 17.6 Å². The molecule has 0 heterocycles. The van der Waals surface area contributed by atoms with Crippen LogP contribution in [0, 0.1) is 0 Å². The second-order valence-corrected chi connectivity index (χ2v) is 5.71. The van der Waals surface area contributed by atoms with Crippen LogP contribution in [0.1, 0.15) is 29.6 Å². The first kappa shape index (κ1) is 14.7. The van der Waals surface area contributed by atoms with Gasteiger partial charge in [0.05, 0.1) is 11.3 Å². The summed E-state index contributed by atoms with van der Waals surface area (Å²) in [6, 6.07) is 6.57. The Hall–Kier alpha value is -1.75. The number of nitrogens with zero attached hydrogens (tertiary/aromatic N) is 1. The van der Waals surface area contributed by atoms with E-state index >= 15 is 0 Å². The van der Waals surface area contributed by atoms with Crippen molar-refractivity contribution >= 4 is 23.6 Å². The number of benzene rings is 1. The zero-order chi connectivity index (χ0) is 14.5. The molecule has 5 heteroatoms. The summed E-state index contributed by atoms with van der Waals surface area (Å²) in [5, 5.41) is 8.81. The summed E-state index contributed by atoms with van der Waals surface area (Å²) < 4.78 is 0. The largest absolute Gasteiger partial charge is 0.478 e. The summed E-state index contributed by atoms with van der Waals surface area (Å²) in [5.74, 6) is -0.503. The highest BCUT2D eigenvalue weighted by Gasteiger charge is 2.16. The molecule has 0 unspecified atom stereocenters. The van der Waals surface area contributed by atoms with Crippen molar-refractivity contribution in [1.29, 1.82) is 0 Å². The van der Waals surface area contributed by atoms with Crippen molar-refractivity contribution in [2.45, 2.75) is 24.2 Å². The SMILES string of the molecule is CN(C(=O)CSc1ccc(C(=O)O)cc1)C1=CCCC1. The van der Waals surface area contributed by atoms with Crippen molar-refractivity contribution in [3.8, 4) is 0 Å². The number of aromatic carboxylic acids is 1. The molecule has 0 spiro atoms. The van der Waals surface area contributed by atoms with Gasteiger partial charge in [-0.15, -0.1) is 11.8 Å². The van der Waals surface area contributed by atoms with Gasteiger partial charge in [0.2, 0.25) is 5.91 Å². The summed E-state index contributed by atoms with van der Waals surface area (Å²) in [4.78, 5) is 25.4. The van der Waals surface area contributed by atoms with Crippen molar-refractivity contribution in [3.63, 3.8) is 0 Å². The maximum absolute atomic E-state index is 12.0. The average molecular weight is 291 g/mol. The highest BCUT2D eigenvalue weighted by molar-refractivity contribution is 8.00. The van der Waals surface area contributed by atoms with Gasteiger partial charge in [0.1, 0.15) is 0 Å². The first-order valence-corrected chi connectivity index (χ1v) is 7.48. The third-order valence-corrected chi connectivity index (χ3v) is 4.28. The number of thioether (sulfide) groups is 1. The molecule has 0 bridgehead atoms. The molecule has 4 nitrogen and oxygen atoms in total. The molecule has 0 aromatic heterocycles. The Labute approximate surface area is 122 Å². The predicted molar refractivity (Wildman–Crippen MR) is 78.8 cm³/mol. The van der Waals surface area contributed by atoms with Gasteiger partial charge in [-0.05, 0) is 43.5 Å². The molecular formula is C15H17NO3S. The van der Waals surface area contributed by atoms with E-state index in [1.165, 1.54) is 11.8 Å². The first-order chi connectivity index (χ1) is 9.58. The van der Waals surface area contributed by atoms with Crippen molar-refractivity contribution in [1.82, 2.24) is 4.90 Å². The topological polar surface area (TPSA) is 57.6 Å². The third kappa shape index (κ3) is 3.63. The fraction of sp³-hybridized carbons (Fsp3) is 0.333. The van der Waals surface area contributed by atoms with Crippen molar-refractivity contribution < 1.29 is 14.7 Å². The number of carboxylic acids is 1. The molecule has 1 N–H and O–H groups in total. The van der Waals surface area contributed by atoms with E-state index in [1.54, 1.807) is 29.2 Å². The van der Waals surface area contributed by atoms with Crippen molar-refractivity contribution in [2.75, 3.05) is 12.8 Å². The lowest BCUT2D eigenvalue weighted by molar-refractivity contribution is -0.125. The van der Waals surface area contributed by atoms with Gasteiger partial charge in [-0.2, -0.15) is 0 Å². The van der Waals surface area contributed by atoms with E-state index in [4.69, 9.17) is 5.11 Å². The van der Waals surface area contributed by atoms with Crippen LogP contribution >= 0.6 is 11.8 Å². The molecule has 1 aromatic carbocycles. The summed E-state index contributed by atoms with van der Waals surface area (Å²) in [6.45, 7) is 0. The summed E-state index contributed by atoms with van der Waals surface area (Å²) in [7, 11) is 1.81. The Morgan fingerprint density at radius 2 is 2.00 bits per heavy atom. The van der Waals surface area contributed by atoms with E-state index in [-0.39, 0.29) is 11.5 Å². The number of amides is 1. The molecule has 0 saturated heterocycles. The molecule has 1 aromatic rings. The van der Waals surface area contributed by atoms with Crippen LogP contribution in [-0.4, -0.2) is 34.7 Å².